The van der Waals surface area contributed by atoms with Gasteiger partial charge in [-0.1, -0.05) is 18.2 Å². The lowest BCUT2D eigenvalue weighted by Crippen LogP contribution is -2.06. The SMILES string of the molecule is Cc1cccc(C2(N=C=O)CC2)c1F. The van der Waals surface area contributed by atoms with Gasteiger partial charge in [0.25, 0.3) is 0 Å². The van der Waals surface area contributed by atoms with Crippen molar-refractivity contribution in [2.24, 2.45) is 4.99 Å². The van der Waals surface area contributed by atoms with Crippen LogP contribution in [0.15, 0.2) is 23.2 Å². The van der Waals surface area contributed by atoms with Gasteiger partial charge < -0.3 is 0 Å². The van der Waals surface area contributed by atoms with Crippen LogP contribution in [0.1, 0.15) is 24.0 Å². The zero-order valence-electron chi connectivity index (χ0n) is 7.88. The molecule has 0 saturated heterocycles. The molecule has 0 heterocycles. The molecule has 0 radical (unpaired) electrons. The number of hydrogen-bond donors (Lipinski definition) is 0. The largest absolute Gasteiger partial charge is 0.235 e. The molecular formula is C11H10FNO. The molecule has 2 nitrogen and oxygen atoms in total. The van der Waals surface area contributed by atoms with Gasteiger partial charge in [-0.3, -0.25) is 0 Å². The fourth-order valence-corrected chi connectivity index (χ4v) is 1.65. The fourth-order valence-electron chi connectivity index (χ4n) is 1.65. The van der Waals surface area contributed by atoms with Gasteiger partial charge in [0.15, 0.2) is 0 Å². The third-order valence-electron chi connectivity index (χ3n) is 2.68. The van der Waals surface area contributed by atoms with E-state index in [1.807, 2.05) is 0 Å². The molecule has 1 fully saturated rings. The van der Waals surface area contributed by atoms with E-state index in [2.05, 4.69) is 4.99 Å². The van der Waals surface area contributed by atoms with Gasteiger partial charge in [-0.05, 0) is 25.3 Å². The summed E-state index contributed by atoms with van der Waals surface area (Å²) in [5, 5.41) is 0. The molecule has 0 amide bonds. The normalized spacial score (nSPS) is 17.3. The number of aryl methyl sites for hydroxylation is 1. The highest BCUT2D eigenvalue weighted by atomic mass is 19.1. The molecular weight excluding hydrogens is 181 g/mol. The van der Waals surface area contributed by atoms with Crippen LogP contribution in [0.5, 0.6) is 0 Å². The molecule has 72 valence electrons. The van der Waals surface area contributed by atoms with Crippen LogP contribution in [-0.4, -0.2) is 6.08 Å². The molecule has 1 aliphatic rings. The third kappa shape index (κ3) is 1.26. The molecule has 1 aliphatic carbocycles. The predicted molar refractivity (Wildman–Crippen MR) is 50.2 cm³/mol. The molecule has 2 rings (SSSR count). The van der Waals surface area contributed by atoms with E-state index in [1.165, 1.54) is 6.08 Å². The topological polar surface area (TPSA) is 29.4 Å². The standard InChI is InChI=1S/C11H10FNO/c1-8-3-2-4-9(10(8)12)11(5-6-11)13-7-14/h2-4H,5-6H2,1H3. The second-order valence-electron chi connectivity index (χ2n) is 3.67. The molecule has 0 unspecified atom stereocenters. The number of benzene rings is 1. The summed E-state index contributed by atoms with van der Waals surface area (Å²) in [6.45, 7) is 1.71. The van der Waals surface area contributed by atoms with E-state index in [0.29, 0.717) is 11.1 Å². The lowest BCUT2D eigenvalue weighted by molar-refractivity contribution is 0.546. The van der Waals surface area contributed by atoms with E-state index >= 15 is 0 Å². The molecule has 0 spiro atoms. The van der Waals surface area contributed by atoms with Crippen molar-refractivity contribution in [3.8, 4) is 0 Å². The van der Waals surface area contributed by atoms with Crippen molar-refractivity contribution in [1.82, 2.24) is 0 Å². The van der Waals surface area contributed by atoms with Crippen LogP contribution < -0.4 is 0 Å². The number of rotatable bonds is 2. The van der Waals surface area contributed by atoms with E-state index < -0.39 is 5.54 Å². The third-order valence-corrected chi connectivity index (χ3v) is 2.68. The molecule has 3 heteroatoms. The Hall–Kier alpha value is -1.47. The zero-order chi connectivity index (χ0) is 10.2. The molecule has 0 atom stereocenters. The molecule has 0 aromatic heterocycles. The molecule has 0 bridgehead atoms. The number of isocyanates is 1. The van der Waals surface area contributed by atoms with Gasteiger partial charge in [-0.2, -0.15) is 4.99 Å². The van der Waals surface area contributed by atoms with Crippen molar-refractivity contribution >= 4 is 6.08 Å². The fraction of sp³-hybridized carbons (Fsp3) is 0.364. The Bertz CT molecular complexity index is 417. The van der Waals surface area contributed by atoms with E-state index in [9.17, 15) is 9.18 Å². The number of carbonyl (C=O) groups excluding carboxylic acids is 1. The maximum absolute atomic E-state index is 13.7. The van der Waals surface area contributed by atoms with Crippen molar-refractivity contribution < 1.29 is 9.18 Å². The van der Waals surface area contributed by atoms with Crippen molar-refractivity contribution in [1.29, 1.82) is 0 Å². The lowest BCUT2D eigenvalue weighted by atomic mass is 10.0. The molecule has 1 aromatic carbocycles. The van der Waals surface area contributed by atoms with Crippen LogP contribution >= 0.6 is 0 Å². The molecule has 14 heavy (non-hydrogen) atoms. The van der Waals surface area contributed by atoms with Gasteiger partial charge in [-0.15, -0.1) is 0 Å². The van der Waals surface area contributed by atoms with E-state index in [4.69, 9.17) is 0 Å². The van der Waals surface area contributed by atoms with Crippen LogP contribution in [0.25, 0.3) is 0 Å². The molecule has 0 aliphatic heterocycles. The average Bonchev–Trinajstić information content (AvgIpc) is 2.91. The van der Waals surface area contributed by atoms with Crippen LogP contribution in [0, 0.1) is 12.7 Å². The van der Waals surface area contributed by atoms with Crippen LogP contribution in [0.4, 0.5) is 4.39 Å². The summed E-state index contributed by atoms with van der Waals surface area (Å²) < 4.78 is 13.7. The second-order valence-corrected chi connectivity index (χ2v) is 3.67. The van der Waals surface area contributed by atoms with Gasteiger partial charge >= 0.3 is 0 Å². The van der Waals surface area contributed by atoms with E-state index in [1.54, 1.807) is 25.1 Å². The Labute approximate surface area is 81.5 Å². The summed E-state index contributed by atoms with van der Waals surface area (Å²) in [6, 6.07) is 5.18. The van der Waals surface area contributed by atoms with Crippen molar-refractivity contribution in [2.45, 2.75) is 25.3 Å². The van der Waals surface area contributed by atoms with Gasteiger partial charge in [0.05, 0.1) is 0 Å². The first-order chi connectivity index (χ1) is 6.69. The maximum atomic E-state index is 13.7. The smallest absolute Gasteiger partial charge is 0.211 e. The monoisotopic (exact) mass is 191 g/mol. The Morgan fingerprint density at radius 3 is 2.79 bits per heavy atom. The highest BCUT2D eigenvalue weighted by Crippen LogP contribution is 2.50. The quantitative estimate of drug-likeness (QED) is 0.521. The summed E-state index contributed by atoms with van der Waals surface area (Å²) in [4.78, 5) is 13.9. The Morgan fingerprint density at radius 1 is 1.50 bits per heavy atom. The van der Waals surface area contributed by atoms with Gasteiger partial charge in [0.1, 0.15) is 11.4 Å². The summed E-state index contributed by atoms with van der Waals surface area (Å²) in [7, 11) is 0. The second kappa shape index (κ2) is 3.03. The molecule has 1 saturated carbocycles. The highest BCUT2D eigenvalue weighted by Gasteiger charge is 2.46. The molecule has 0 N–H and O–H groups in total. The van der Waals surface area contributed by atoms with Crippen LogP contribution in [0.3, 0.4) is 0 Å². The highest BCUT2D eigenvalue weighted by molar-refractivity contribution is 5.42. The molecule has 1 aromatic rings. The minimum Gasteiger partial charge on any atom is -0.211 e. The van der Waals surface area contributed by atoms with Gasteiger partial charge in [0.2, 0.25) is 6.08 Å². The Morgan fingerprint density at radius 2 is 2.21 bits per heavy atom. The van der Waals surface area contributed by atoms with Crippen LogP contribution in [-0.2, 0) is 10.3 Å². The van der Waals surface area contributed by atoms with Crippen LogP contribution in [0.2, 0.25) is 0 Å². The lowest BCUT2D eigenvalue weighted by Gasteiger charge is -2.10. The maximum Gasteiger partial charge on any atom is 0.235 e. The van der Waals surface area contributed by atoms with E-state index in [-0.39, 0.29) is 5.82 Å². The zero-order valence-corrected chi connectivity index (χ0v) is 7.88. The number of nitrogens with zero attached hydrogens (tertiary/aromatic N) is 1. The number of halogens is 1. The summed E-state index contributed by atoms with van der Waals surface area (Å²) >= 11 is 0. The van der Waals surface area contributed by atoms with E-state index in [0.717, 1.165) is 12.8 Å². The first kappa shape index (κ1) is 9.10. The number of hydrogen-bond acceptors (Lipinski definition) is 2. The average molecular weight is 191 g/mol. The minimum atomic E-state index is -0.599. The minimum absolute atomic E-state index is 0.246. The van der Waals surface area contributed by atoms with Gasteiger partial charge in [-0.25, -0.2) is 9.18 Å². The van der Waals surface area contributed by atoms with Gasteiger partial charge in [0, 0.05) is 5.56 Å². The van der Waals surface area contributed by atoms with Crippen molar-refractivity contribution in [3.05, 3.63) is 35.1 Å². The Kier molecular flexibility index (Phi) is 1.97. The summed E-state index contributed by atoms with van der Waals surface area (Å²) in [6.07, 6.45) is 3.00. The summed E-state index contributed by atoms with van der Waals surface area (Å²) in [5.41, 5.74) is 0.522. The number of aliphatic imine (C=N–C) groups is 1. The van der Waals surface area contributed by atoms with Crippen molar-refractivity contribution in [3.63, 3.8) is 0 Å². The first-order valence-corrected chi connectivity index (χ1v) is 4.54. The summed E-state index contributed by atoms with van der Waals surface area (Å²) in [5.74, 6) is -0.246. The Balaban J connectivity index is 2.52. The van der Waals surface area contributed by atoms with Crippen molar-refractivity contribution in [2.75, 3.05) is 0 Å². The predicted octanol–water partition coefficient (Wildman–Crippen LogP) is 2.46. The first-order valence-electron chi connectivity index (χ1n) is 4.54.